The highest BCUT2D eigenvalue weighted by Crippen LogP contribution is 2.17. The second-order valence-corrected chi connectivity index (χ2v) is 6.03. The highest BCUT2D eigenvalue weighted by molar-refractivity contribution is 7.80. The van der Waals surface area contributed by atoms with Crippen molar-refractivity contribution in [1.82, 2.24) is 10.2 Å². The minimum Gasteiger partial charge on any atom is -0.445 e. The first-order valence-electron chi connectivity index (χ1n) is 7.58. The van der Waals surface area contributed by atoms with E-state index in [1.807, 2.05) is 30.3 Å². The maximum atomic E-state index is 12.1. The molecule has 1 atom stereocenters. The second-order valence-electron chi connectivity index (χ2n) is 5.51. The quantitative estimate of drug-likeness (QED) is 0.796. The summed E-state index contributed by atoms with van der Waals surface area (Å²) in [5.41, 5.74) is 6.31. The number of rotatable bonds is 5. The first-order chi connectivity index (χ1) is 11.1. The normalized spacial score (nSPS) is 17.4. The Morgan fingerprint density at radius 3 is 2.78 bits per heavy atom. The van der Waals surface area contributed by atoms with E-state index in [9.17, 15) is 9.59 Å². The minimum absolute atomic E-state index is 0.127. The van der Waals surface area contributed by atoms with E-state index in [1.54, 1.807) is 4.90 Å². The first kappa shape index (κ1) is 17.2. The fraction of sp³-hybridized carbons (Fsp3) is 0.438. The van der Waals surface area contributed by atoms with Gasteiger partial charge < -0.3 is 20.7 Å². The molecule has 0 unspecified atom stereocenters. The van der Waals surface area contributed by atoms with E-state index in [0.29, 0.717) is 13.1 Å². The molecule has 1 saturated heterocycles. The number of likely N-dealkylation sites (tertiary alicyclic amines) is 1. The van der Waals surface area contributed by atoms with E-state index < -0.39 is 0 Å². The number of benzene rings is 1. The van der Waals surface area contributed by atoms with E-state index >= 15 is 0 Å². The maximum absolute atomic E-state index is 12.1. The summed E-state index contributed by atoms with van der Waals surface area (Å²) in [4.78, 5) is 26.0. The van der Waals surface area contributed by atoms with E-state index in [1.165, 1.54) is 0 Å². The van der Waals surface area contributed by atoms with Crippen LogP contribution in [-0.4, -0.2) is 41.5 Å². The van der Waals surface area contributed by atoms with Crippen LogP contribution in [0.3, 0.4) is 0 Å². The number of carbonyl (C=O) groups excluding carboxylic acids is 2. The molecule has 0 radical (unpaired) electrons. The summed E-state index contributed by atoms with van der Waals surface area (Å²) >= 11 is 4.74. The van der Waals surface area contributed by atoms with Gasteiger partial charge in [-0.2, -0.15) is 0 Å². The lowest BCUT2D eigenvalue weighted by atomic mass is 9.97. The summed E-state index contributed by atoms with van der Waals surface area (Å²) in [7, 11) is 0. The summed E-state index contributed by atoms with van der Waals surface area (Å²) < 4.78 is 5.31. The molecule has 1 heterocycles. The minimum atomic E-state index is -0.388. The second kappa shape index (κ2) is 8.47. The predicted octanol–water partition coefficient (Wildman–Crippen LogP) is 1.44. The average Bonchev–Trinajstić information content (AvgIpc) is 2.58. The van der Waals surface area contributed by atoms with Gasteiger partial charge in [0.15, 0.2) is 0 Å². The molecule has 3 N–H and O–H groups in total. The van der Waals surface area contributed by atoms with Crippen LogP contribution in [0, 0.1) is 5.92 Å². The van der Waals surface area contributed by atoms with E-state index in [4.69, 9.17) is 22.7 Å². The number of hydrogen-bond acceptors (Lipinski definition) is 4. The van der Waals surface area contributed by atoms with Gasteiger partial charge in [-0.15, -0.1) is 0 Å². The summed E-state index contributed by atoms with van der Waals surface area (Å²) in [5, 5.41) is 2.69. The summed E-state index contributed by atoms with van der Waals surface area (Å²) in [6, 6.07) is 9.50. The Bertz CT molecular complexity index is 565. The molecule has 1 aliphatic heterocycles. The Balaban J connectivity index is 1.81. The van der Waals surface area contributed by atoms with Crippen LogP contribution in [0.15, 0.2) is 30.3 Å². The predicted molar refractivity (Wildman–Crippen MR) is 90.7 cm³/mol. The van der Waals surface area contributed by atoms with Gasteiger partial charge in [0.2, 0.25) is 5.91 Å². The molecule has 23 heavy (non-hydrogen) atoms. The molecule has 124 valence electrons. The van der Waals surface area contributed by atoms with Gasteiger partial charge in [-0.3, -0.25) is 4.79 Å². The zero-order valence-electron chi connectivity index (χ0n) is 12.9. The van der Waals surface area contributed by atoms with Crippen LogP contribution in [-0.2, 0) is 16.1 Å². The summed E-state index contributed by atoms with van der Waals surface area (Å²) in [5.74, 6) is -0.374. The standard InChI is InChI=1S/C16H21N3O3S/c17-14(23)9-18-15(20)13-7-4-8-19(10-13)16(21)22-11-12-5-2-1-3-6-12/h1-3,5-6,13H,4,7-11H2,(H2,17,23)(H,18,20)/t13-/m0/s1. The van der Waals surface area contributed by atoms with Crippen molar-refractivity contribution < 1.29 is 14.3 Å². The number of nitrogens with two attached hydrogens (primary N) is 1. The van der Waals surface area contributed by atoms with Crippen molar-refractivity contribution in [2.45, 2.75) is 19.4 Å². The van der Waals surface area contributed by atoms with Crippen molar-refractivity contribution >= 4 is 29.2 Å². The van der Waals surface area contributed by atoms with Gasteiger partial charge in [0, 0.05) is 13.1 Å². The van der Waals surface area contributed by atoms with Gasteiger partial charge in [0.25, 0.3) is 0 Å². The molecular weight excluding hydrogens is 314 g/mol. The van der Waals surface area contributed by atoms with Crippen LogP contribution in [0.2, 0.25) is 0 Å². The van der Waals surface area contributed by atoms with Crippen molar-refractivity contribution in [3.05, 3.63) is 35.9 Å². The fourth-order valence-electron chi connectivity index (χ4n) is 2.49. The van der Waals surface area contributed by atoms with Gasteiger partial charge in [0.05, 0.1) is 17.5 Å². The van der Waals surface area contributed by atoms with Gasteiger partial charge in [-0.05, 0) is 18.4 Å². The molecule has 7 heteroatoms. The molecule has 0 bridgehead atoms. The van der Waals surface area contributed by atoms with Crippen LogP contribution >= 0.6 is 12.2 Å². The Morgan fingerprint density at radius 2 is 2.09 bits per heavy atom. The number of hydrogen-bond donors (Lipinski definition) is 2. The third kappa shape index (κ3) is 5.52. The lowest BCUT2D eigenvalue weighted by molar-refractivity contribution is -0.126. The lowest BCUT2D eigenvalue weighted by Gasteiger charge is -2.31. The fourth-order valence-corrected chi connectivity index (χ4v) is 2.56. The van der Waals surface area contributed by atoms with Gasteiger partial charge in [0.1, 0.15) is 6.61 Å². The third-order valence-electron chi connectivity index (χ3n) is 3.69. The highest BCUT2D eigenvalue weighted by Gasteiger charge is 2.29. The van der Waals surface area contributed by atoms with Crippen molar-refractivity contribution in [3.8, 4) is 0 Å². The first-order valence-corrected chi connectivity index (χ1v) is 7.98. The average molecular weight is 335 g/mol. The lowest BCUT2D eigenvalue weighted by Crippen LogP contribution is -2.46. The van der Waals surface area contributed by atoms with E-state index in [0.717, 1.165) is 18.4 Å². The van der Waals surface area contributed by atoms with Crippen LogP contribution in [0.4, 0.5) is 4.79 Å². The Hall–Kier alpha value is -2.15. The molecular formula is C16H21N3O3S. The zero-order valence-corrected chi connectivity index (χ0v) is 13.7. The third-order valence-corrected chi connectivity index (χ3v) is 3.84. The number of ether oxygens (including phenoxy) is 1. The van der Waals surface area contributed by atoms with E-state index in [2.05, 4.69) is 5.32 Å². The molecule has 1 aliphatic rings. The van der Waals surface area contributed by atoms with Crippen LogP contribution in [0.5, 0.6) is 0 Å². The van der Waals surface area contributed by atoms with Crippen LogP contribution < -0.4 is 11.1 Å². The number of carbonyl (C=O) groups is 2. The monoisotopic (exact) mass is 335 g/mol. The SMILES string of the molecule is NC(=S)CNC(=O)[C@H]1CCCN(C(=O)OCc2ccccc2)C1. The van der Waals surface area contributed by atoms with Crippen molar-refractivity contribution in [1.29, 1.82) is 0 Å². The molecule has 1 fully saturated rings. The molecule has 0 aromatic heterocycles. The zero-order chi connectivity index (χ0) is 16.7. The van der Waals surface area contributed by atoms with Crippen molar-refractivity contribution in [2.75, 3.05) is 19.6 Å². The molecule has 6 nitrogen and oxygen atoms in total. The number of amides is 2. The molecule has 2 rings (SSSR count). The van der Waals surface area contributed by atoms with Gasteiger partial charge >= 0.3 is 6.09 Å². The Labute approximate surface area is 141 Å². The summed E-state index contributed by atoms with van der Waals surface area (Å²) in [6.45, 7) is 1.38. The largest absolute Gasteiger partial charge is 0.445 e. The van der Waals surface area contributed by atoms with E-state index in [-0.39, 0.29) is 36.1 Å². The Kier molecular flexibility index (Phi) is 6.34. The van der Waals surface area contributed by atoms with Crippen molar-refractivity contribution in [2.24, 2.45) is 11.7 Å². The number of nitrogens with zero attached hydrogens (tertiary/aromatic N) is 1. The molecule has 0 saturated carbocycles. The molecule has 1 aromatic rings. The topological polar surface area (TPSA) is 84.7 Å². The maximum Gasteiger partial charge on any atom is 0.410 e. The van der Waals surface area contributed by atoms with Crippen LogP contribution in [0.1, 0.15) is 18.4 Å². The molecule has 0 aliphatic carbocycles. The highest BCUT2D eigenvalue weighted by atomic mass is 32.1. The molecule has 0 spiro atoms. The van der Waals surface area contributed by atoms with Gasteiger partial charge in [-0.1, -0.05) is 42.5 Å². The van der Waals surface area contributed by atoms with Crippen molar-refractivity contribution in [3.63, 3.8) is 0 Å². The smallest absolute Gasteiger partial charge is 0.410 e. The number of thiocarbonyl (C=S) groups is 1. The summed E-state index contributed by atoms with van der Waals surface area (Å²) in [6.07, 6.45) is 1.12. The van der Waals surface area contributed by atoms with Gasteiger partial charge in [-0.25, -0.2) is 4.79 Å². The molecule has 1 aromatic carbocycles. The Morgan fingerprint density at radius 1 is 1.35 bits per heavy atom. The van der Waals surface area contributed by atoms with Crippen LogP contribution in [0.25, 0.3) is 0 Å². The number of piperidine rings is 1. The number of nitrogens with one attached hydrogen (secondary N) is 1. The molecule has 2 amide bonds.